The first kappa shape index (κ1) is 20.8. The van der Waals surface area contributed by atoms with Crippen LogP contribution in [0.25, 0.3) is 0 Å². The summed E-state index contributed by atoms with van der Waals surface area (Å²) < 4.78 is 11.0. The summed E-state index contributed by atoms with van der Waals surface area (Å²) in [4.78, 5) is 21.9. The van der Waals surface area contributed by atoms with Crippen molar-refractivity contribution < 1.29 is 34.4 Å². The van der Waals surface area contributed by atoms with Crippen LogP contribution >= 0.6 is 0 Å². The second-order valence-electron chi connectivity index (χ2n) is 5.93. The number of amides is 2. The second kappa shape index (κ2) is 10.6. The monoisotopic (exact) mass is 348 g/mol. The third-order valence-electron chi connectivity index (χ3n) is 3.85. The summed E-state index contributed by atoms with van der Waals surface area (Å²) >= 11 is 0. The normalized spacial score (nSPS) is 30.1. The smallest absolute Gasteiger partial charge is 0.217 e. The molecule has 0 bridgehead atoms. The van der Waals surface area contributed by atoms with Crippen LogP contribution in [0, 0.1) is 0 Å². The number of primary amides is 1. The summed E-state index contributed by atoms with van der Waals surface area (Å²) in [5.74, 6) is -0.708. The molecule has 9 nitrogen and oxygen atoms in total. The number of rotatable bonds is 10. The van der Waals surface area contributed by atoms with Gasteiger partial charge in [0.25, 0.3) is 0 Å². The van der Waals surface area contributed by atoms with E-state index in [0.29, 0.717) is 19.4 Å². The molecule has 1 aliphatic heterocycles. The highest BCUT2D eigenvalue weighted by Gasteiger charge is 2.45. The van der Waals surface area contributed by atoms with Crippen molar-refractivity contribution >= 4 is 11.8 Å². The molecule has 0 aromatic rings. The van der Waals surface area contributed by atoms with Gasteiger partial charge in [-0.3, -0.25) is 9.59 Å². The summed E-state index contributed by atoms with van der Waals surface area (Å²) in [7, 11) is 0. The van der Waals surface area contributed by atoms with Crippen molar-refractivity contribution in [2.45, 2.75) is 69.7 Å². The summed E-state index contributed by atoms with van der Waals surface area (Å²) in [6, 6.07) is -0.921. The van der Waals surface area contributed by atoms with Crippen LogP contribution in [-0.4, -0.2) is 71.0 Å². The third-order valence-corrected chi connectivity index (χ3v) is 3.85. The van der Waals surface area contributed by atoms with Crippen LogP contribution in [0.2, 0.25) is 0 Å². The molecule has 24 heavy (non-hydrogen) atoms. The predicted octanol–water partition coefficient (Wildman–Crippen LogP) is -1.62. The van der Waals surface area contributed by atoms with Gasteiger partial charge in [0.2, 0.25) is 11.8 Å². The van der Waals surface area contributed by atoms with Gasteiger partial charge in [0.1, 0.15) is 24.4 Å². The fourth-order valence-electron chi connectivity index (χ4n) is 2.57. The fourth-order valence-corrected chi connectivity index (χ4v) is 2.57. The molecule has 9 heteroatoms. The highest BCUT2D eigenvalue weighted by molar-refractivity contribution is 5.73. The first-order chi connectivity index (χ1) is 11.4. The summed E-state index contributed by atoms with van der Waals surface area (Å²) in [5.41, 5.74) is 5.06. The summed E-state index contributed by atoms with van der Waals surface area (Å²) in [5, 5.41) is 31.7. The lowest BCUT2D eigenvalue weighted by Crippen LogP contribution is -2.64. The molecule has 1 heterocycles. The lowest BCUT2D eigenvalue weighted by Gasteiger charge is -2.42. The molecular formula is C15H28N2O7. The van der Waals surface area contributed by atoms with Gasteiger partial charge in [-0.05, 0) is 12.8 Å². The third kappa shape index (κ3) is 6.70. The van der Waals surface area contributed by atoms with Gasteiger partial charge in [0.05, 0.1) is 6.61 Å². The Morgan fingerprint density at radius 2 is 1.83 bits per heavy atom. The van der Waals surface area contributed by atoms with E-state index >= 15 is 0 Å². The van der Waals surface area contributed by atoms with Gasteiger partial charge in [-0.1, -0.05) is 12.8 Å². The van der Waals surface area contributed by atoms with E-state index < -0.39 is 43.2 Å². The van der Waals surface area contributed by atoms with E-state index in [0.717, 1.165) is 19.3 Å². The molecule has 0 spiro atoms. The number of hydrogen-bond donors (Lipinski definition) is 5. The molecule has 1 saturated heterocycles. The van der Waals surface area contributed by atoms with Gasteiger partial charge in [-0.2, -0.15) is 0 Å². The molecule has 0 aromatic heterocycles. The molecule has 140 valence electrons. The van der Waals surface area contributed by atoms with Gasteiger partial charge >= 0.3 is 0 Å². The van der Waals surface area contributed by atoms with E-state index in [-0.39, 0.29) is 5.91 Å². The molecule has 5 atom stereocenters. The Morgan fingerprint density at radius 1 is 1.17 bits per heavy atom. The van der Waals surface area contributed by atoms with Gasteiger partial charge in [-0.25, -0.2) is 0 Å². The van der Waals surface area contributed by atoms with Crippen molar-refractivity contribution in [3.05, 3.63) is 0 Å². The maximum atomic E-state index is 11.3. The first-order valence-corrected chi connectivity index (χ1v) is 8.16. The zero-order chi connectivity index (χ0) is 18.1. The molecule has 1 rings (SSSR count). The van der Waals surface area contributed by atoms with E-state index in [1.54, 1.807) is 0 Å². The first-order valence-electron chi connectivity index (χ1n) is 8.16. The van der Waals surface area contributed by atoms with Crippen molar-refractivity contribution in [3.8, 4) is 0 Å². The van der Waals surface area contributed by atoms with Crippen molar-refractivity contribution in [3.63, 3.8) is 0 Å². The van der Waals surface area contributed by atoms with Crippen LogP contribution in [0.5, 0.6) is 0 Å². The highest BCUT2D eigenvalue weighted by atomic mass is 16.7. The van der Waals surface area contributed by atoms with Crippen molar-refractivity contribution in [1.29, 1.82) is 0 Å². The van der Waals surface area contributed by atoms with Crippen LogP contribution in [0.4, 0.5) is 0 Å². The largest absolute Gasteiger partial charge is 0.394 e. The average molecular weight is 348 g/mol. The van der Waals surface area contributed by atoms with Crippen LogP contribution in [0.15, 0.2) is 0 Å². The quantitative estimate of drug-likeness (QED) is 0.298. The summed E-state index contributed by atoms with van der Waals surface area (Å²) in [6.45, 7) is 1.13. The zero-order valence-electron chi connectivity index (χ0n) is 13.9. The topological polar surface area (TPSA) is 151 Å². The Bertz CT molecular complexity index is 407. The minimum atomic E-state index is -1.32. The number of aliphatic hydroxyl groups is 3. The van der Waals surface area contributed by atoms with E-state index in [1.807, 2.05) is 0 Å². The Balaban J connectivity index is 2.43. The van der Waals surface area contributed by atoms with E-state index in [2.05, 4.69) is 5.32 Å². The molecule has 1 fully saturated rings. The van der Waals surface area contributed by atoms with Gasteiger partial charge < -0.3 is 35.8 Å². The molecular weight excluding hydrogens is 320 g/mol. The lowest BCUT2D eigenvalue weighted by molar-refractivity contribution is -0.270. The lowest BCUT2D eigenvalue weighted by atomic mass is 9.97. The number of aliphatic hydroxyl groups excluding tert-OH is 3. The molecule has 0 aromatic carbocycles. The average Bonchev–Trinajstić information content (AvgIpc) is 2.52. The van der Waals surface area contributed by atoms with Crippen molar-refractivity contribution in [2.24, 2.45) is 5.73 Å². The van der Waals surface area contributed by atoms with Crippen LogP contribution in [0.1, 0.15) is 39.0 Å². The number of carbonyl (C=O) groups is 2. The molecule has 3 unspecified atom stereocenters. The molecule has 1 aliphatic rings. The van der Waals surface area contributed by atoms with E-state index in [4.69, 9.17) is 15.2 Å². The number of ether oxygens (including phenoxy) is 2. The fraction of sp³-hybridized carbons (Fsp3) is 0.867. The van der Waals surface area contributed by atoms with Gasteiger partial charge in [-0.15, -0.1) is 0 Å². The molecule has 0 saturated carbocycles. The van der Waals surface area contributed by atoms with Crippen LogP contribution in [-0.2, 0) is 19.1 Å². The number of hydrogen-bond acceptors (Lipinski definition) is 7. The second-order valence-corrected chi connectivity index (χ2v) is 5.93. The zero-order valence-corrected chi connectivity index (χ0v) is 13.9. The van der Waals surface area contributed by atoms with Gasteiger partial charge in [0, 0.05) is 20.0 Å². The maximum absolute atomic E-state index is 11.3. The number of carbonyl (C=O) groups excluding carboxylic acids is 2. The Kier molecular flexibility index (Phi) is 9.16. The SMILES string of the molecule is CC(=O)NC1C(O)[C@@H](O)C(CO)O[C@H]1OCCCCCCC(N)=O. The van der Waals surface area contributed by atoms with Crippen molar-refractivity contribution in [1.82, 2.24) is 5.32 Å². The van der Waals surface area contributed by atoms with E-state index in [9.17, 15) is 24.9 Å². The Morgan fingerprint density at radius 3 is 2.42 bits per heavy atom. The van der Waals surface area contributed by atoms with Crippen molar-refractivity contribution in [2.75, 3.05) is 13.2 Å². The van der Waals surface area contributed by atoms with Crippen LogP contribution < -0.4 is 11.1 Å². The molecule has 0 radical (unpaired) electrons. The highest BCUT2D eigenvalue weighted by Crippen LogP contribution is 2.22. The minimum Gasteiger partial charge on any atom is -0.394 e. The molecule has 2 amide bonds. The maximum Gasteiger partial charge on any atom is 0.217 e. The standard InChI is InChI=1S/C15H28N2O7/c1-9(19)17-12-14(22)13(21)10(8-18)24-15(12)23-7-5-3-2-4-6-11(16)20/h10,12-15,18,21-22H,2-8H2,1H3,(H2,16,20)(H,17,19)/t10?,12?,13-,14?,15+/m0/s1. The summed E-state index contributed by atoms with van der Waals surface area (Å²) in [6.07, 6.45) is -1.11. The van der Waals surface area contributed by atoms with E-state index in [1.165, 1.54) is 6.92 Å². The number of unbranched alkanes of at least 4 members (excludes halogenated alkanes) is 3. The Labute approximate surface area is 141 Å². The minimum absolute atomic E-state index is 0.317. The number of nitrogens with two attached hydrogens (primary N) is 1. The van der Waals surface area contributed by atoms with Crippen LogP contribution in [0.3, 0.4) is 0 Å². The Hall–Kier alpha value is -1.26. The predicted molar refractivity (Wildman–Crippen MR) is 83.6 cm³/mol. The number of nitrogens with one attached hydrogen (secondary N) is 1. The molecule has 6 N–H and O–H groups in total. The van der Waals surface area contributed by atoms with Gasteiger partial charge in [0.15, 0.2) is 6.29 Å². The molecule has 0 aliphatic carbocycles.